The first kappa shape index (κ1) is 16.5. The van der Waals surface area contributed by atoms with Gasteiger partial charge < -0.3 is 19.6 Å². The van der Waals surface area contributed by atoms with Crippen molar-refractivity contribution in [1.82, 2.24) is 25.1 Å². The van der Waals surface area contributed by atoms with Crippen LogP contribution in [0.4, 0.5) is 9.18 Å². The van der Waals surface area contributed by atoms with Gasteiger partial charge in [0.1, 0.15) is 17.8 Å². The number of imidazole rings is 1. The summed E-state index contributed by atoms with van der Waals surface area (Å²) < 4.78 is 20.9. The predicted molar refractivity (Wildman–Crippen MR) is 85.9 cm³/mol. The number of hydrogen-bond donors (Lipinski definition) is 2. The van der Waals surface area contributed by atoms with Crippen molar-refractivity contribution in [2.75, 3.05) is 13.1 Å². The summed E-state index contributed by atoms with van der Waals surface area (Å²) in [7, 11) is 1.92. The van der Waals surface area contributed by atoms with Gasteiger partial charge in [-0.05, 0) is 18.6 Å². The molecule has 1 saturated heterocycles. The van der Waals surface area contributed by atoms with Gasteiger partial charge in [0.2, 0.25) is 0 Å². The molecule has 0 aromatic carbocycles. The highest BCUT2D eigenvalue weighted by molar-refractivity contribution is 5.73. The highest BCUT2D eigenvalue weighted by atomic mass is 19.1. The largest absolute Gasteiger partial charge is 0.467 e. The first-order valence-electron chi connectivity index (χ1n) is 8.00. The molecule has 1 fully saturated rings. The van der Waals surface area contributed by atoms with E-state index in [1.165, 1.54) is 0 Å². The van der Waals surface area contributed by atoms with Crippen LogP contribution in [0.5, 0.6) is 0 Å². The Balaban J connectivity index is 1.47. The summed E-state index contributed by atoms with van der Waals surface area (Å²) >= 11 is 0. The molecule has 2 aromatic heterocycles. The lowest BCUT2D eigenvalue weighted by Gasteiger charge is -2.23. The number of carbonyl (C=O) groups excluding carboxylic acids is 1. The summed E-state index contributed by atoms with van der Waals surface area (Å²) in [4.78, 5) is 18.2. The number of rotatable bonds is 6. The molecule has 0 unspecified atom stereocenters. The molecule has 7 nitrogen and oxygen atoms in total. The van der Waals surface area contributed by atoms with Crippen LogP contribution in [0.25, 0.3) is 0 Å². The zero-order valence-corrected chi connectivity index (χ0v) is 13.6. The van der Waals surface area contributed by atoms with Gasteiger partial charge in [0.15, 0.2) is 0 Å². The van der Waals surface area contributed by atoms with Crippen LogP contribution in [0, 0.1) is 0 Å². The van der Waals surface area contributed by atoms with Crippen molar-refractivity contribution in [1.29, 1.82) is 0 Å². The van der Waals surface area contributed by atoms with E-state index in [1.54, 1.807) is 24.6 Å². The molecular weight excluding hydrogens is 313 g/mol. The number of likely N-dealkylation sites (tertiary alicyclic amines) is 1. The number of aryl methyl sites for hydroxylation is 1. The molecule has 130 valence electrons. The highest BCUT2D eigenvalue weighted by Gasteiger charge is 2.32. The Hall–Kier alpha value is -2.35. The maximum Gasteiger partial charge on any atom is 0.315 e. The fourth-order valence-corrected chi connectivity index (χ4v) is 2.91. The van der Waals surface area contributed by atoms with Gasteiger partial charge in [-0.3, -0.25) is 4.90 Å². The van der Waals surface area contributed by atoms with E-state index in [9.17, 15) is 9.18 Å². The molecule has 3 heterocycles. The summed E-state index contributed by atoms with van der Waals surface area (Å²) in [5.41, 5.74) is 0. The van der Waals surface area contributed by atoms with E-state index < -0.39 is 6.17 Å². The van der Waals surface area contributed by atoms with Crippen molar-refractivity contribution in [2.45, 2.75) is 31.7 Å². The number of alkyl halides is 1. The van der Waals surface area contributed by atoms with Crippen molar-refractivity contribution in [3.63, 3.8) is 0 Å². The molecule has 0 aliphatic carbocycles. The minimum Gasteiger partial charge on any atom is -0.467 e. The maximum absolute atomic E-state index is 13.8. The molecular formula is C16H22FN5O2. The third-order valence-corrected chi connectivity index (χ3v) is 4.24. The zero-order chi connectivity index (χ0) is 16.9. The van der Waals surface area contributed by atoms with Gasteiger partial charge in [-0.2, -0.15) is 0 Å². The van der Waals surface area contributed by atoms with Crippen LogP contribution in [0.2, 0.25) is 0 Å². The van der Waals surface area contributed by atoms with Crippen LogP contribution in [0.1, 0.15) is 18.0 Å². The molecule has 8 heteroatoms. The van der Waals surface area contributed by atoms with Gasteiger partial charge in [-0.15, -0.1) is 0 Å². The fraction of sp³-hybridized carbons (Fsp3) is 0.500. The Labute approximate surface area is 139 Å². The summed E-state index contributed by atoms with van der Waals surface area (Å²) in [5.74, 6) is 1.57. The van der Waals surface area contributed by atoms with E-state index in [1.807, 2.05) is 22.7 Å². The van der Waals surface area contributed by atoms with Crippen molar-refractivity contribution < 1.29 is 13.6 Å². The van der Waals surface area contributed by atoms with Crippen LogP contribution in [0.15, 0.2) is 35.2 Å². The fourth-order valence-electron chi connectivity index (χ4n) is 2.91. The Morgan fingerprint density at radius 1 is 1.50 bits per heavy atom. The van der Waals surface area contributed by atoms with Crippen LogP contribution in [-0.4, -0.2) is 45.8 Å². The van der Waals surface area contributed by atoms with Gasteiger partial charge in [0.25, 0.3) is 0 Å². The van der Waals surface area contributed by atoms with Crippen molar-refractivity contribution in [3.05, 3.63) is 42.4 Å². The molecule has 0 radical (unpaired) electrons. The molecule has 3 rings (SSSR count). The molecule has 1 aliphatic heterocycles. The average Bonchev–Trinajstić information content (AvgIpc) is 3.27. The minimum atomic E-state index is -0.872. The van der Waals surface area contributed by atoms with Crippen LogP contribution in [0.3, 0.4) is 0 Å². The molecule has 0 saturated carbocycles. The van der Waals surface area contributed by atoms with E-state index in [0.717, 1.165) is 5.82 Å². The lowest BCUT2D eigenvalue weighted by Crippen LogP contribution is -2.43. The summed E-state index contributed by atoms with van der Waals surface area (Å²) in [6.45, 7) is 1.67. The highest BCUT2D eigenvalue weighted by Crippen LogP contribution is 2.21. The smallest absolute Gasteiger partial charge is 0.315 e. The Morgan fingerprint density at radius 3 is 3.08 bits per heavy atom. The van der Waals surface area contributed by atoms with Crippen LogP contribution in [-0.2, 0) is 20.1 Å². The lowest BCUT2D eigenvalue weighted by molar-refractivity contribution is 0.214. The molecule has 2 aromatic rings. The summed E-state index contributed by atoms with van der Waals surface area (Å²) in [6.07, 6.45) is 4.71. The first-order chi connectivity index (χ1) is 11.6. The van der Waals surface area contributed by atoms with Gasteiger partial charge in [0.05, 0.1) is 19.4 Å². The van der Waals surface area contributed by atoms with Crippen molar-refractivity contribution >= 4 is 6.03 Å². The van der Waals surface area contributed by atoms with E-state index in [4.69, 9.17) is 4.42 Å². The molecule has 2 N–H and O–H groups in total. The first-order valence-corrected chi connectivity index (χ1v) is 8.00. The number of carbonyl (C=O) groups is 1. The van der Waals surface area contributed by atoms with Gasteiger partial charge in [-0.1, -0.05) is 0 Å². The van der Waals surface area contributed by atoms with Crippen LogP contribution >= 0.6 is 0 Å². The number of hydrogen-bond acceptors (Lipinski definition) is 4. The number of nitrogens with one attached hydrogen (secondary N) is 2. The number of urea groups is 1. The van der Waals surface area contributed by atoms with Gasteiger partial charge in [-0.25, -0.2) is 14.2 Å². The van der Waals surface area contributed by atoms with Crippen LogP contribution < -0.4 is 10.6 Å². The van der Waals surface area contributed by atoms with Gasteiger partial charge >= 0.3 is 6.03 Å². The number of furan rings is 1. The Morgan fingerprint density at radius 2 is 2.38 bits per heavy atom. The molecule has 2 atom stereocenters. The Kier molecular flexibility index (Phi) is 5.14. The third kappa shape index (κ3) is 4.14. The molecule has 24 heavy (non-hydrogen) atoms. The maximum atomic E-state index is 13.8. The standard InChI is InChI=1S/C16H22FN5O2/c1-21-5-4-18-15(21)11-22-10-12(17)7-13(22)8-19-16(23)20-9-14-3-2-6-24-14/h2-6,12-13H,7-11H2,1H3,(H2,19,20,23)/t12-,13-/m0/s1. The lowest BCUT2D eigenvalue weighted by atomic mass is 10.2. The number of aromatic nitrogens is 2. The quantitative estimate of drug-likeness (QED) is 0.837. The predicted octanol–water partition coefficient (Wildman–Crippen LogP) is 1.42. The van der Waals surface area contributed by atoms with E-state index in [-0.39, 0.29) is 12.1 Å². The number of halogens is 1. The van der Waals surface area contributed by atoms with E-state index >= 15 is 0 Å². The topological polar surface area (TPSA) is 75.3 Å². The second-order valence-corrected chi connectivity index (χ2v) is 6.01. The Bertz CT molecular complexity index is 657. The molecule has 0 spiro atoms. The minimum absolute atomic E-state index is 0.0361. The van der Waals surface area contributed by atoms with Crippen molar-refractivity contribution in [2.24, 2.45) is 7.05 Å². The second kappa shape index (κ2) is 7.48. The summed E-state index contributed by atoms with van der Waals surface area (Å²) in [5, 5.41) is 5.52. The molecule has 2 amide bonds. The van der Waals surface area contributed by atoms with E-state index in [2.05, 4.69) is 15.6 Å². The normalized spacial score (nSPS) is 21.1. The molecule has 1 aliphatic rings. The third-order valence-electron chi connectivity index (χ3n) is 4.24. The molecule has 0 bridgehead atoms. The monoisotopic (exact) mass is 335 g/mol. The van der Waals surface area contributed by atoms with E-state index in [0.29, 0.717) is 38.4 Å². The van der Waals surface area contributed by atoms with Crippen molar-refractivity contribution in [3.8, 4) is 0 Å². The number of nitrogens with zero attached hydrogens (tertiary/aromatic N) is 3. The second-order valence-electron chi connectivity index (χ2n) is 6.01. The SMILES string of the molecule is Cn1ccnc1CN1C[C@@H](F)C[C@H]1CNC(=O)NCc1ccco1. The van der Waals surface area contributed by atoms with Gasteiger partial charge in [0, 0.05) is 38.6 Å². The zero-order valence-electron chi connectivity index (χ0n) is 13.6. The summed E-state index contributed by atoms with van der Waals surface area (Å²) in [6, 6.07) is 3.24. The number of amides is 2. The average molecular weight is 335 g/mol.